The lowest BCUT2D eigenvalue weighted by Gasteiger charge is -2.05. The Morgan fingerprint density at radius 3 is 2.79 bits per heavy atom. The van der Waals surface area contributed by atoms with Gasteiger partial charge in [-0.25, -0.2) is 0 Å². The number of aliphatic hydroxyl groups is 1. The van der Waals surface area contributed by atoms with Crippen LogP contribution >= 0.6 is 0 Å². The molecule has 0 fully saturated rings. The van der Waals surface area contributed by atoms with Crippen LogP contribution in [0.4, 0.5) is 0 Å². The summed E-state index contributed by atoms with van der Waals surface area (Å²) in [6.07, 6.45) is 2.74. The molecule has 0 spiro atoms. The van der Waals surface area contributed by atoms with Crippen LogP contribution in [0.2, 0.25) is 0 Å². The van der Waals surface area contributed by atoms with Crippen molar-refractivity contribution in [3.8, 4) is 0 Å². The molecule has 82 valence electrons. The standard InChI is InChI=1S/C10H19NO3/c1-3-4-9(2)10(13)11-5-7-14-8-6-12/h4,12H,3,5-8H2,1-2H3,(H,11,13). The summed E-state index contributed by atoms with van der Waals surface area (Å²) in [5.74, 6) is -0.0561. The van der Waals surface area contributed by atoms with E-state index >= 15 is 0 Å². The summed E-state index contributed by atoms with van der Waals surface area (Å²) in [6, 6.07) is 0. The topological polar surface area (TPSA) is 58.6 Å². The number of hydrogen-bond acceptors (Lipinski definition) is 3. The first-order chi connectivity index (χ1) is 6.72. The minimum Gasteiger partial charge on any atom is -0.394 e. The number of rotatable bonds is 7. The Balaban J connectivity index is 3.49. The van der Waals surface area contributed by atoms with Gasteiger partial charge in [-0.15, -0.1) is 0 Å². The SMILES string of the molecule is CCC=C(C)C(=O)NCCOCCO. The average Bonchev–Trinajstić information content (AvgIpc) is 2.17. The molecule has 1 amide bonds. The van der Waals surface area contributed by atoms with Gasteiger partial charge in [-0.05, 0) is 13.3 Å². The van der Waals surface area contributed by atoms with Crippen molar-refractivity contribution >= 4 is 5.91 Å². The molecule has 0 atom stereocenters. The number of carbonyl (C=O) groups excluding carboxylic acids is 1. The molecule has 0 aliphatic heterocycles. The van der Waals surface area contributed by atoms with Gasteiger partial charge >= 0.3 is 0 Å². The third-order valence-electron chi connectivity index (χ3n) is 1.64. The number of amides is 1. The Morgan fingerprint density at radius 2 is 2.21 bits per heavy atom. The van der Waals surface area contributed by atoms with E-state index < -0.39 is 0 Å². The van der Waals surface area contributed by atoms with Crippen LogP contribution in [0.25, 0.3) is 0 Å². The summed E-state index contributed by atoms with van der Waals surface area (Å²) in [4.78, 5) is 11.3. The van der Waals surface area contributed by atoms with Crippen molar-refractivity contribution in [1.82, 2.24) is 5.32 Å². The lowest BCUT2D eigenvalue weighted by molar-refractivity contribution is -0.117. The van der Waals surface area contributed by atoms with Gasteiger partial charge in [0.05, 0.1) is 19.8 Å². The van der Waals surface area contributed by atoms with Gasteiger partial charge < -0.3 is 15.2 Å². The van der Waals surface area contributed by atoms with Crippen molar-refractivity contribution in [2.24, 2.45) is 0 Å². The molecule has 14 heavy (non-hydrogen) atoms. The van der Waals surface area contributed by atoms with Gasteiger partial charge in [-0.1, -0.05) is 13.0 Å². The molecule has 4 nitrogen and oxygen atoms in total. The monoisotopic (exact) mass is 201 g/mol. The van der Waals surface area contributed by atoms with E-state index in [1.165, 1.54) is 0 Å². The summed E-state index contributed by atoms with van der Waals surface area (Å²) in [6.45, 7) is 5.02. The van der Waals surface area contributed by atoms with E-state index in [-0.39, 0.29) is 12.5 Å². The van der Waals surface area contributed by atoms with Crippen LogP contribution in [0, 0.1) is 0 Å². The van der Waals surface area contributed by atoms with Crippen LogP contribution in [0.3, 0.4) is 0 Å². The second kappa shape index (κ2) is 8.72. The number of aliphatic hydroxyl groups excluding tert-OH is 1. The first-order valence-electron chi connectivity index (χ1n) is 4.86. The smallest absolute Gasteiger partial charge is 0.246 e. The molecule has 2 N–H and O–H groups in total. The number of nitrogens with one attached hydrogen (secondary N) is 1. The Labute approximate surface area is 85.0 Å². The second-order valence-electron chi connectivity index (χ2n) is 2.89. The fraction of sp³-hybridized carbons (Fsp3) is 0.700. The predicted octanol–water partition coefficient (Wildman–Crippen LogP) is 0.468. The molecule has 0 heterocycles. The fourth-order valence-electron chi connectivity index (χ4n) is 0.942. The minimum absolute atomic E-state index is 0.0166. The molecule has 0 aliphatic rings. The number of ether oxygens (including phenoxy) is 1. The quantitative estimate of drug-likeness (QED) is 0.465. The number of allylic oxidation sites excluding steroid dienone is 1. The first kappa shape index (κ1) is 13.1. The van der Waals surface area contributed by atoms with Gasteiger partial charge in [0.15, 0.2) is 0 Å². The molecule has 0 rings (SSSR count). The molecule has 0 aliphatic carbocycles. The highest BCUT2D eigenvalue weighted by Crippen LogP contribution is 1.93. The van der Waals surface area contributed by atoms with Crippen molar-refractivity contribution in [3.63, 3.8) is 0 Å². The van der Waals surface area contributed by atoms with Gasteiger partial charge in [0.25, 0.3) is 0 Å². The maximum Gasteiger partial charge on any atom is 0.246 e. The maximum atomic E-state index is 11.3. The van der Waals surface area contributed by atoms with E-state index in [2.05, 4.69) is 5.32 Å². The third kappa shape index (κ3) is 6.62. The van der Waals surface area contributed by atoms with Crippen molar-refractivity contribution in [1.29, 1.82) is 0 Å². The Kier molecular flexibility index (Phi) is 8.17. The summed E-state index contributed by atoms with van der Waals surface area (Å²) < 4.78 is 4.99. The Bertz CT molecular complexity index is 190. The van der Waals surface area contributed by atoms with E-state index in [4.69, 9.17) is 9.84 Å². The predicted molar refractivity (Wildman–Crippen MR) is 55.0 cm³/mol. The fourth-order valence-corrected chi connectivity index (χ4v) is 0.942. The highest BCUT2D eigenvalue weighted by molar-refractivity contribution is 5.92. The molecule has 0 aromatic rings. The first-order valence-corrected chi connectivity index (χ1v) is 4.86. The molecule has 4 heteroatoms. The number of carbonyl (C=O) groups is 1. The summed E-state index contributed by atoms with van der Waals surface area (Å²) >= 11 is 0. The molecule has 0 saturated carbocycles. The zero-order chi connectivity index (χ0) is 10.8. The normalized spacial score (nSPS) is 11.5. The third-order valence-corrected chi connectivity index (χ3v) is 1.64. The van der Waals surface area contributed by atoms with Gasteiger partial charge in [-0.2, -0.15) is 0 Å². The van der Waals surface area contributed by atoms with Crippen LogP contribution in [-0.4, -0.2) is 37.4 Å². The highest BCUT2D eigenvalue weighted by atomic mass is 16.5. The Hall–Kier alpha value is -0.870. The van der Waals surface area contributed by atoms with Gasteiger partial charge in [-0.3, -0.25) is 4.79 Å². The molecule has 0 aromatic carbocycles. The van der Waals surface area contributed by atoms with Gasteiger partial charge in [0.2, 0.25) is 5.91 Å². The highest BCUT2D eigenvalue weighted by Gasteiger charge is 2.01. The molecule has 0 saturated heterocycles. The van der Waals surface area contributed by atoms with Crippen LogP contribution in [0.5, 0.6) is 0 Å². The molecule has 0 unspecified atom stereocenters. The lowest BCUT2D eigenvalue weighted by Crippen LogP contribution is -2.28. The van der Waals surface area contributed by atoms with E-state index in [0.29, 0.717) is 19.8 Å². The molecule has 0 aromatic heterocycles. The van der Waals surface area contributed by atoms with Crippen LogP contribution in [0.15, 0.2) is 11.6 Å². The largest absolute Gasteiger partial charge is 0.394 e. The zero-order valence-corrected chi connectivity index (χ0v) is 8.88. The van der Waals surface area contributed by atoms with Crippen LogP contribution in [0.1, 0.15) is 20.3 Å². The van der Waals surface area contributed by atoms with Crippen LogP contribution < -0.4 is 5.32 Å². The molecule has 0 bridgehead atoms. The van der Waals surface area contributed by atoms with Crippen LogP contribution in [-0.2, 0) is 9.53 Å². The molecular weight excluding hydrogens is 182 g/mol. The summed E-state index contributed by atoms with van der Waals surface area (Å²) in [7, 11) is 0. The van der Waals surface area contributed by atoms with Crippen molar-refractivity contribution in [2.45, 2.75) is 20.3 Å². The summed E-state index contributed by atoms with van der Waals surface area (Å²) in [5.41, 5.74) is 0.731. The van der Waals surface area contributed by atoms with Crippen molar-refractivity contribution in [2.75, 3.05) is 26.4 Å². The zero-order valence-electron chi connectivity index (χ0n) is 8.88. The minimum atomic E-state index is -0.0561. The number of hydrogen-bond donors (Lipinski definition) is 2. The van der Waals surface area contributed by atoms with E-state index in [9.17, 15) is 4.79 Å². The average molecular weight is 201 g/mol. The molecular formula is C10H19NO3. The molecule has 0 radical (unpaired) electrons. The van der Waals surface area contributed by atoms with Crippen molar-refractivity contribution < 1.29 is 14.6 Å². The van der Waals surface area contributed by atoms with Gasteiger partial charge in [0.1, 0.15) is 0 Å². The van der Waals surface area contributed by atoms with Gasteiger partial charge in [0, 0.05) is 12.1 Å². The van der Waals surface area contributed by atoms with E-state index in [0.717, 1.165) is 12.0 Å². The maximum absolute atomic E-state index is 11.3. The van der Waals surface area contributed by atoms with Crippen molar-refractivity contribution in [3.05, 3.63) is 11.6 Å². The van der Waals surface area contributed by atoms with E-state index in [1.807, 2.05) is 13.0 Å². The van der Waals surface area contributed by atoms with E-state index in [1.54, 1.807) is 6.92 Å². The lowest BCUT2D eigenvalue weighted by atomic mass is 10.2. The second-order valence-corrected chi connectivity index (χ2v) is 2.89. The Morgan fingerprint density at radius 1 is 1.50 bits per heavy atom. The summed E-state index contributed by atoms with van der Waals surface area (Å²) in [5, 5.41) is 11.1.